The molecule has 1 fully saturated rings. The Labute approximate surface area is 118 Å². The Kier molecular flexibility index (Phi) is 3.97. The van der Waals surface area contributed by atoms with Gasteiger partial charge < -0.3 is 10.6 Å². The summed E-state index contributed by atoms with van der Waals surface area (Å²) in [6.07, 6.45) is 6.93. The van der Waals surface area contributed by atoms with E-state index in [9.17, 15) is 4.79 Å². The van der Waals surface area contributed by atoms with Crippen LogP contribution in [0.4, 0.5) is 5.69 Å². The average molecular weight is 272 g/mol. The summed E-state index contributed by atoms with van der Waals surface area (Å²) in [6, 6.07) is 6.27. The van der Waals surface area contributed by atoms with Gasteiger partial charge in [0.15, 0.2) is 0 Å². The molecule has 1 aromatic heterocycles. The van der Waals surface area contributed by atoms with Crippen molar-refractivity contribution in [3.05, 3.63) is 24.4 Å². The molecule has 1 unspecified atom stereocenters. The fourth-order valence-electron chi connectivity index (χ4n) is 2.77. The second-order valence-corrected chi connectivity index (χ2v) is 5.37. The maximum absolute atomic E-state index is 12.1. The lowest BCUT2D eigenvalue weighted by molar-refractivity contribution is -0.116. The Hall–Kier alpha value is -1.88. The van der Waals surface area contributed by atoms with Gasteiger partial charge in [-0.15, -0.1) is 0 Å². The Morgan fingerprint density at radius 1 is 1.40 bits per heavy atom. The van der Waals surface area contributed by atoms with Crippen LogP contribution in [0.15, 0.2) is 24.4 Å². The van der Waals surface area contributed by atoms with Crippen molar-refractivity contribution < 1.29 is 4.79 Å². The highest BCUT2D eigenvalue weighted by atomic mass is 16.1. The Balaban J connectivity index is 1.57. The third kappa shape index (κ3) is 2.99. The third-order valence-electron chi connectivity index (χ3n) is 3.89. The van der Waals surface area contributed by atoms with Crippen molar-refractivity contribution in [2.24, 2.45) is 0 Å². The minimum atomic E-state index is 0.0751. The first kappa shape index (κ1) is 13.1. The molecule has 5 heteroatoms. The van der Waals surface area contributed by atoms with Gasteiger partial charge in [0, 0.05) is 17.8 Å². The van der Waals surface area contributed by atoms with Crippen molar-refractivity contribution in [1.82, 2.24) is 15.5 Å². The molecule has 2 heterocycles. The Bertz CT molecular complexity index is 586. The molecule has 1 aliphatic rings. The normalized spacial score (nSPS) is 19.1. The van der Waals surface area contributed by atoms with Crippen molar-refractivity contribution in [2.75, 3.05) is 11.9 Å². The van der Waals surface area contributed by atoms with Crippen LogP contribution in [0.3, 0.4) is 0 Å². The number of carbonyl (C=O) groups excluding carboxylic acids is 1. The zero-order chi connectivity index (χ0) is 13.8. The number of anilines is 1. The molecule has 1 atom stereocenters. The summed E-state index contributed by atoms with van der Waals surface area (Å²) in [4.78, 5) is 12.1. The predicted octanol–water partition coefficient (Wildman–Crippen LogP) is 2.42. The zero-order valence-electron chi connectivity index (χ0n) is 11.5. The van der Waals surface area contributed by atoms with E-state index in [2.05, 4.69) is 20.8 Å². The van der Waals surface area contributed by atoms with Crippen LogP contribution in [0.1, 0.15) is 32.1 Å². The van der Waals surface area contributed by atoms with Crippen LogP contribution >= 0.6 is 0 Å². The maximum Gasteiger partial charge on any atom is 0.224 e. The second kappa shape index (κ2) is 6.05. The van der Waals surface area contributed by atoms with Gasteiger partial charge in [-0.3, -0.25) is 9.89 Å². The summed E-state index contributed by atoms with van der Waals surface area (Å²) in [7, 11) is 0. The van der Waals surface area contributed by atoms with Crippen molar-refractivity contribution in [3.8, 4) is 0 Å². The van der Waals surface area contributed by atoms with Crippen LogP contribution in [-0.2, 0) is 4.79 Å². The molecular weight excluding hydrogens is 252 g/mol. The van der Waals surface area contributed by atoms with Crippen LogP contribution in [0.5, 0.6) is 0 Å². The molecule has 20 heavy (non-hydrogen) atoms. The van der Waals surface area contributed by atoms with E-state index in [1.54, 1.807) is 6.20 Å². The smallest absolute Gasteiger partial charge is 0.224 e. The van der Waals surface area contributed by atoms with E-state index in [1.165, 1.54) is 19.3 Å². The van der Waals surface area contributed by atoms with E-state index in [1.807, 2.05) is 18.2 Å². The molecule has 0 saturated carbocycles. The minimum absolute atomic E-state index is 0.0751. The lowest BCUT2D eigenvalue weighted by Crippen LogP contribution is -2.34. The number of carbonyl (C=O) groups is 1. The molecular formula is C15H20N4O. The molecule has 2 aromatic rings. The number of nitrogens with zero attached hydrogens (tertiary/aromatic N) is 1. The fraction of sp³-hybridized carbons (Fsp3) is 0.467. The number of benzene rings is 1. The van der Waals surface area contributed by atoms with Gasteiger partial charge in [0.2, 0.25) is 5.91 Å². The van der Waals surface area contributed by atoms with E-state index in [-0.39, 0.29) is 5.91 Å². The van der Waals surface area contributed by atoms with Crippen LogP contribution in [0.2, 0.25) is 0 Å². The molecule has 3 N–H and O–H groups in total. The van der Waals surface area contributed by atoms with E-state index < -0.39 is 0 Å². The number of nitrogens with one attached hydrogen (secondary N) is 3. The lowest BCUT2D eigenvalue weighted by atomic mass is 10.0. The van der Waals surface area contributed by atoms with Crippen LogP contribution in [0.25, 0.3) is 10.9 Å². The van der Waals surface area contributed by atoms with Crippen molar-refractivity contribution in [3.63, 3.8) is 0 Å². The summed E-state index contributed by atoms with van der Waals surface area (Å²) < 4.78 is 0. The number of aromatic nitrogens is 2. The summed E-state index contributed by atoms with van der Waals surface area (Å²) >= 11 is 0. The largest absolute Gasteiger partial charge is 0.325 e. The lowest BCUT2D eigenvalue weighted by Gasteiger charge is -2.23. The van der Waals surface area contributed by atoms with Gasteiger partial charge in [-0.05, 0) is 37.9 Å². The Morgan fingerprint density at radius 3 is 3.20 bits per heavy atom. The number of H-pyrrole nitrogens is 1. The van der Waals surface area contributed by atoms with Crippen molar-refractivity contribution in [1.29, 1.82) is 0 Å². The van der Waals surface area contributed by atoms with Crippen molar-refractivity contribution >= 4 is 22.5 Å². The number of hydrogen-bond donors (Lipinski definition) is 3. The maximum atomic E-state index is 12.1. The first-order valence-electron chi connectivity index (χ1n) is 7.28. The topological polar surface area (TPSA) is 69.8 Å². The quantitative estimate of drug-likeness (QED) is 0.800. The minimum Gasteiger partial charge on any atom is -0.325 e. The number of aromatic amines is 1. The van der Waals surface area contributed by atoms with E-state index in [0.29, 0.717) is 12.5 Å². The molecule has 0 aliphatic carbocycles. The summed E-state index contributed by atoms with van der Waals surface area (Å²) in [5.41, 5.74) is 1.77. The summed E-state index contributed by atoms with van der Waals surface area (Å²) in [5, 5.41) is 14.3. The van der Waals surface area contributed by atoms with E-state index in [0.717, 1.165) is 29.6 Å². The van der Waals surface area contributed by atoms with Gasteiger partial charge >= 0.3 is 0 Å². The SMILES string of the molecule is O=C(CCC1CCCCN1)Nc1cccc2[nH]ncc12. The molecule has 1 aliphatic heterocycles. The van der Waals surface area contributed by atoms with Gasteiger partial charge in [0.25, 0.3) is 0 Å². The standard InChI is InChI=1S/C15H20N4O/c20-15(8-7-11-4-1-2-9-16-11)18-13-5-3-6-14-12(13)10-17-19-14/h3,5-6,10-11,16H,1-2,4,7-9H2,(H,17,19)(H,18,20). The molecule has 0 spiro atoms. The van der Waals surface area contributed by atoms with Crippen LogP contribution < -0.4 is 10.6 Å². The highest BCUT2D eigenvalue weighted by molar-refractivity contribution is 6.00. The highest BCUT2D eigenvalue weighted by Crippen LogP contribution is 2.21. The molecule has 0 bridgehead atoms. The van der Waals surface area contributed by atoms with Crippen LogP contribution in [-0.4, -0.2) is 28.7 Å². The highest BCUT2D eigenvalue weighted by Gasteiger charge is 2.14. The number of fused-ring (bicyclic) bond motifs is 1. The summed E-state index contributed by atoms with van der Waals surface area (Å²) in [5.74, 6) is 0.0751. The number of hydrogen-bond acceptors (Lipinski definition) is 3. The van der Waals surface area contributed by atoms with Gasteiger partial charge in [-0.1, -0.05) is 12.5 Å². The zero-order valence-corrected chi connectivity index (χ0v) is 11.5. The van der Waals surface area contributed by atoms with Crippen molar-refractivity contribution in [2.45, 2.75) is 38.1 Å². The Morgan fingerprint density at radius 2 is 2.35 bits per heavy atom. The number of amides is 1. The second-order valence-electron chi connectivity index (χ2n) is 5.37. The molecule has 1 aromatic carbocycles. The van der Waals surface area contributed by atoms with Gasteiger partial charge in [0.1, 0.15) is 0 Å². The molecule has 5 nitrogen and oxygen atoms in total. The van der Waals surface area contributed by atoms with Gasteiger partial charge in [0.05, 0.1) is 17.4 Å². The van der Waals surface area contributed by atoms with E-state index in [4.69, 9.17) is 0 Å². The molecule has 3 rings (SSSR count). The first-order chi connectivity index (χ1) is 9.83. The third-order valence-corrected chi connectivity index (χ3v) is 3.89. The first-order valence-corrected chi connectivity index (χ1v) is 7.28. The average Bonchev–Trinajstić information content (AvgIpc) is 2.96. The monoisotopic (exact) mass is 272 g/mol. The number of piperidine rings is 1. The summed E-state index contributed by atoms with van der Waals surface area (Å²) in [6.45, 7) is 1.08. The molecule has 0 radical (unpaired) electrons. The fourth-order valence-corrected chi connectivity index (χ4v) is 2.77. The molecule has 1 amide bonds. The predicted molar refractivity (Wildman–Crippen MR) is 79.6 cm³/mol. The van der Waals surface area contributed by atoms with E-state index >= 15 is 0 Å². The van der Waals surface area contributed by atoms with Gasteiger partial charge in [-0.2, -0.15) is 5.10 Å². The van der Waals surface area contributed by atoms with Gasteiger partial charge in [-0.25, -0.2) is 0 Å². The van der Waals surface area contributed by atoms with Crippen LogP contribution in [0, 0.1) is 0 Å². The number of rotatable bonds is 4. The molecule has 106 valence electrons. The molecule has 1 saturated heterocycles.